The highest BCUT2D eigenvalue weighted by Gasteiger charge is 2.28. The summed E-state index contributed by atoms with van der Waals surface area (Å²) < 4.78 is 7.16. The standard InChI is InChI=1S/C15H20BrNOS/c1-2-5-17-13-4-7-19-9-11-14(13)12(16)8-10-3-6-18-15(10)11/h8,13,17H,2-7,9H2,1H3. The first-order chi connectivity index (χ1) is 9.31. The number of halogens is 1. The van der Waals surface area contributed by atoms with Crippen molar-refractivity contribution in [2.75, 3.05) is 18.9 Å². The molecule has 0 fully saturated rings. The van der Waals surface area contributed by atoms with E-state index in [0.29, 0.717) is 6.04 Å². The first-order valence-electron chi connectivity index (χ1n) is 7.09. The molecule has 0 bridgehead atoms. The van der Waals surface area contributed by atoms with E-state index in [1.54, 1.807) is 0 Å². The van der Waals surface area contributed by atoms with Crippen molar-refractivity contribution in [3.8, 4) is 5.75 Å². The van der Waals surface area contributed by atoms with Crippen LogP contribution in [0, 0.1) is 0 Å². The van der Waals surface area contributed by atoms with Crippen molar-refractivity contribution < 1.29 is 4.74 Å². The van der Waals surface area contributed by atoms with Crippen molar-refractivity contribution in [2.45, 2.75) is 38.0 Å². The fraction of sp³-hybridized carbons (Fsp3) is 0.600. The topological polar surface area (TPSA) is 21.3 Å². The second kappa shape index (κ2) is 6.06. The summed E-state index contributed by atoms with van der Waals surface area (Å²) in [6.45, 7) is 4.15. The zero-order valence-corrected chi connectivity index (χ0v) is 13.7. The van der Waals surface area contributed by atoms with E-state index in [1.165, 1.54) is 45.5 Å². The summed E-state index contributed by atoms with van der Waals surface area (Å²) in [7, 11) is 0. The number of rotatable bonds is 3. The van der Waals surface area contributed by atoms with E-state index in [4.69, 9.17) is 4.74 Å². The molecule has 0 aliphatic carbocycles. The molecule has 3 rings (SSSR count). The third-order valence-electron chi connectivity index (χ3n) is 3.85. The molecule has 2 aliphatic heterocycles. The average Bonchev–Trinajstić information content (AvgIpc) is 2.76. The van der Waals surface area contributed by atoms with Crippen molar-refractivity contribution in [1.82, 2.24) is 5.32 Å². The Morgan fingerprint density at radius 2 is 2.42 bits per heavy atom. The summed E-state index contributed by atoms with van der Waals surface area (Å²) >= 11 is 5.83. The average molecular weight is 342 g/mol. The Labute approximate surface area is 127 Å². The molecule has 4 heteroatoms. The molecule has 1 aromatic rings. The fourth-order valence-corrected chi connectivity index (χ4v) is 4.78. The molecule has 0 saturated heterocycles. The van der Waals surface area contributed by atoms with Gasteiger partial charge in [-0.15, -0.1) is 0 Å². The van der Waals surface area contributed by atoms with E-state index in [-0.39, 0.29) is 0 Å². The van der Waals surface area contributed by atoms with Crippen LogP contribution in [-0.4, -0.2) is 18.9 Å². The van der Waals surface area contributed by atoms with Crippen molar-refractivity contribution in [1.29, 1.82) is 0 Å². The SMILES string of the molecule is CCCNC1CCSCc2c3c(cc(Br)c21)CCO3. The number of hydrogen-bond donors (Lipinski definition) is 1. The lowest BCUT2D eigenvalue weighted by atomic mass is 9.96. The molecule has 1 N–H and O–H groups in total. The lowest BCUT2D eigenvalue weighted by Gasteiger charge is -2.22. The minimum absolute atomic E-state index is 0.467. The van der Waals surface area contributed by atoms with Gasteiger partial charge in [0.05, 0.1) is 6.61 Å². The molecule has 1 aromatic carbocycles. The van der Waals surface area contributed by atoms with Gasteiger partial charge in [0.2, 0.25) is 0 Å². The number of hydrogen-bond acceptors (Lipinski definition) is 3. The van der Waals surface area contributed by atoms with Crippen molar-refractivity contribution >= 4 is 27.7 Å². The number of benzene rings is 1. The Balaban J connectivity index is 2.03. The van der Waals surface area contributed by atoms with Gasteiger partial charge in [-0.05, 0) is 42.3 Å². The van der Waals surface area contributed by atoms with Crippen molar-refractivity contribution in [3.05, 3.63) is 27.2 Å². The van der Waals surface area contributed by atoms with Crippen LogP contribution in [0.3, 0.4) is 0 Å². The van der Waals surface area contributed by atoms with E-state index >= 15 is 0 Å². The molecule has 0 radical (unpaired) electrons. The molecule has 2 nitrogen and oxygen atoms in total. The van der Waals surface area contributed by atoms with Gasteiger partial charge in [-0.1, -0.05) is 22.9 Å². The number of thioether (sulfide) groups is 1. The Kier molecular flexibility index (Phi) is 4.40. The molecule has 104 valence electrons. The van der Waals surface area contributed by atoms with E-state index in [2.05, 4.69) is 34.2 Å². The summed E-state index contributed by atoms with van der Waals surface area (Å²) in [4.78, 5) is 0. The fourth-order valence-electron chi connectivity index (χ4n) is 2.95. The zero-order chi connectivity index (χ0) is 13.2. The van der Waals surface area contributed by atoms with Crippen LogP contribution in [0.5, 0.6) is 5.75 Å². The van der Waals surface area contributed by atoms with Crippen molar-refractivity contribution in [2.24, 2.45) is 0 Å². The summed E-state index contributed by atoms with van der Waals surface area (Å²) in [6.07, 6.45) is 3.44. The quantitative estimate of drug-likeness (QED) is 0.895. The van der Waals surface area contributed by atoms with Gasteiger partial charge in [0, 0.05) is 28.3 Å². The monoisotopic (exact) mass is 341 g/mol. The molecule has 1 atom stereocenters. The molecule has 0 amide bonds. The molecule has 0 saturated carbocycles. The van der Waals surface area contributed by atoms with Gasteiger partial charge < -0.3 is 10.1 Å². The predicted octanol–water partition coefficient (Wildman–Crippen LogP) is 4.06. The number of fused-ring (bicyclic) bond motifs is 3. The van der Waals surface area contributed by atoms with Crippen LogP contribution in [0.4, 0.5) is 0 Å². The molecule has 2 aliphatic rings. The van der Waals surface area contributed by atoms with Crippen LogP contribution < -0.4 is 10.1 Å². The van der Waals surface area contributed by atoms with E-state index in [9.17, 15) is 0 Å². The lowest BCUT2D eigenvalue weighted by Crippen LogP contribution is -2.23. The Bertz CT molecular complexity index is 478. The van der Waals surface area contributed by atoms with Gasteiger partial charge in [0.25, 0.3) is 0 Å². The number of ether oxygens (including phenoxy) is 1. The second-order valence-electron chi connectivity index (χ2n) is 5.19. The van der Waals surface area contributed by atoms with Crippen LogP contribution in [0.15, 0.2) is 10.5 Å². The van der Waals surface area contributed by atoms with E-state index in [0.717, 1.165) is 25.3 Å². The highest BCUT2D eigenvalue weighted by Crippen LogP contribution is 2.44. The van der Waals surface area contributed by atoms with Gasteiger partial charge in [0.1, 0.15) is 5.75 Å². The summed E-state index contributed by atoms with van der Waals surface area (Å²) in [6, 6.07) is 2.74. The molecule has 2 heterocycles. The summed E-state index contributed by atoms with van der Waals surface area (Å²) in [5, 5.41) is 3.70. The van der Waals surface area contributed by atoms with Crippen LogP contribution >= 0.6 is 27.7 Å². The predicted molar refractivity (Wildman–Crippen MR) is 85.2 cm³/mol. The molecule has 1 unspecified atom stereocenters. The maximum atomic E-state index is 5.90. The van der Waals surface area contributed by atoms with Gasteiger partial charge in [0.15, 0.2) is 0 Å². The third-order valence-corrected chi connectivity index (χ3v) is 5.53. The highest BCUT2D eigenvalue weighted by molar-refractivity contribution is 9.10. The maximum absolute atomic E-state index is 5.90. The first kappa shape index (κ1) is 13.8. The van der Waals surface area contributed by atoms with Crippen LogP contribution in [0.25, 0.3) is 0 Å². The molecular weight excluding hydrogens is 322 g/mol. The van der Waals surface area contributed by atoms with E-state index < -0.39 is 0 Å². The summed E-state index contributed by atoms with van der Waals surface area (Å²) in [5.41, 5.74) is 4.25. The zero-order valence-electron chi connectivity index (χ0n) is 11.3. The Morgan fingerprint density at radius 1 is 1.53 bits per heavy atom. The van der Waals surface area contributed by atoms with Crippen LogP contribution in [-0.2, 0) is 12.2 Å². The largest absolute Gasteiger partial charge is 0.493 e. The van der Waals surface area contributed by atoms with Crippen molar-refractivity contribution in [3.63, 3.8) is 0 Å². The maximum Gasteiger partial charge on any atom is 0.127 e. The Hall–Kier alpha value is -0.190. The molecule has 19 heavy (non-hydrogen) atoms. The second-order valence-corrected chi connectivity index (χ2v) is 7.14. The summed E-state index contributed by atoms with van der Waals surface area (Å²) in [5.74, 6) is 3.48. The molecule has 0 spiro atoms. The third kappa shape index (κ3) is 2.67. The Morgan fingerprint density at radius 3 is 3.26 bits per heavy atom. The molecular formula is C15H20BrNOS. The van der Waals surface area contributed by atoms with Gasteiger partial charge in [-0.25, -0.2) is 0 Å². The van der Waals surface area contributed by atoms with Gasteiger partial charge in [-0.2, -0.15) is 11.8 Å². The normalized spacial score (nSPS) is 21.5. The van der Waals surface area contributed by atoms with Gasteiger partial charge in [-0.3, -0.25) is 0 Å². The number of nitrogens with one attached hydrogen (secondary N) is 1. The van der Waals surface area contributed by atoms with Crippen LogP contribution in [0.2, 0.25) is 0 Å². The first-order valence-corrected chi connectivity index (χ1v) is 9.04. The minimum Gasteiger partial charge on any atom is -0.493 e. The smallest absolute Gasteiger partial charge is 0.127 e. The van der Waals surface area contributed by atoms with Crippen LogP contribution in [0.1, 0.15) is 42.5 Å². The van der Waals surface area contributed by atoms with Gasteiger partial charge >= 0.3 is 0 Å². The van der Waals surface area contributed by atoms with E-state index in [1.807, 2.05) is 11.8 Å². The minimum atomic E-state index is 0.467. The highest BCUT2D eigenvalue weighted by atomic mass is 79.9. The molecule has 0 aromatic heterocycles. The lowest BCUT2D eigenvalue weighted by molar-refractivity contribution is 0.353.